The first kappa shape index (κ1) is 87.4. The van der Waals surface area contributed by atoms with Gasteiger partial charge in [-0.05, 0) is 156 Å². The molecule has 14 rings (SSSR count). The number of nitrogens with two attached hydrogens (primary N) is 1. The van der Waals surface area contributed by atoms with E-state index in [1.807, 2.05) is 0 Å². The van der Waals surface area contributed by atoms with E-state index in [0.29, 0.717) is 28.7 Å². The van der Waals surface area contributed by atoms with Gasteiger partial charge < -0.3 is 46.3 Å². The fourth-order valence-electron chi connectivity index (χ4n) is 12.7. The minimum Gasteiger partial charge on any atom is -0.507 e. The number of non-ortho nitro benzene ring substituents is 2. The number of nitrogens with one attached hydrogen (secondary N) is 2. The Morgan fingerprint density at radius 1 is 0.370 bits per heavy atom. The number of rotatable bonds is 11. The van der Waals surface area contributed by atoms with Crippen LogP contribution in [0.2, 0.25) is 0 Å². The zero-order chi connectivity index (χ0) is 87.2. The van der Waals surface area contributed by atoms with Crippen LogP contribution in [0.1, 0.15) is 105 Å². The lowest BCUT2D eigenvalue weighted by Crippen LogP contribution is -2.07. The van der Waals surface area contributed by atoms with Crippen LogP contribution in [0.3, 0.4) is 0 Å². The summed E-state index contributed by atoms with van der Waals surface area (Å²) in [5.74, 6) is 2.29. The zero-order valence-electron chi connectivity index (χ0n) is 59.6. The molecule has 10 aromatic carbocycles. The second-order valence-electron chi connectivity index (χ2n) is 25.6. The molecule has 0 radical (unpaired) electrons. The van der Waals surface area contributed by atoms with Crippen LogP contribution in [0.25, 0.3) is 22.1 Å². The molecular formula is C70H56N10O33S6. The van der Waals surface area contributed by atoms with Gasteiger partial charge in [0, 0.05) is 114 Å². The van der Waals surface area contributed by atoms with Crippen molar-refractivity contribution in [3.05, 3.63) is 254 Å². The van der Waals surface area contributed by atoms with Crippen molar-refractivity contribution in [1.29, 1.82) is 0 Å². The summed E-state index contributed by atoms with van der Waals surface area (Å²) in [6.07, 6.45) is -0.365. The van der Waals surface area contributed by atoms with Gasteiger partial charge in [-0.1, -0.05) is 36.4 Å². The molecule has 49 heteroatoms. The van der Waals surface area contributed by atoms with E-state index in [4.69, 9.17) is 31.1 Å². The van der Waals surface area contributed by atoms with Crippen LogP contribution in [-0.4, -0.2) is 161 Å². The van der Waals surface area contributed by atoms with Crippen LogP contribution >= 0.6 is 0 Å². The van der Waals surface area contributed by atoms with Crippen LogP contribution in [0.5, 0.6) is 46.0 Å². The highest BCUT2D eigenvalue weighted by molar-refractivity contribution is 7.86. The Morgan fingerprint density at radius 2 is 0.597 bits per heavy atom. The smallest absolute Gasteiger partial charge is 0.425 e. The standard InChI is InChI=1S/C35H27N5O13S2.C29H24O11S2.C6H5N5O3.2O3S/c41-32-18-2-1-3-19(32)9-22-12-26(54(47,48)49)14-24(34(22)43)11-25-15-27(55(50,51)52)13-23(35(25)44)10-21-7-17(6-20(8-18)33(21)42)16-36-37-28-4-5-29(40(45)46)31-30(28)38-53-39-31;30-14-15-4-18-6-16-2-1-3-17(26(16)31)7-20-10-24(41(35,36)37)12-22(28(20)33)9-23-13-25(42(38,39)40)11-21(29(23)34)8-19(5-15)27(18)32;7-8-3-1-2-4(11(12)13)6-5(3)9-14-10-6;2*1-4(2)3/h1-7,12-16,37,41-44H,8-11H2,(H,47,48,49)(H,50,51,52);1-5,10-14,31-34H,6-9H2,(H,35,36,37)(H,38,39,40);1-2,8H,7H2;;/b36-16+;;;;. The Hall–Kier alpha value is -14.0. The molecule has 0 saturated carbocycles. The number of carbonyl (C=O) groups excluding carboxylic acids is 1. The number of fused-ring (bicyclic) bond motifs is 18. The van der Waals surface area contributed by atoms with Gasteiger partial charge in [-0.2, -0.15) is 38.8 Å². The molecule has 16 N–H and O–H groups in total. The molecule has 0 unspecified atom stereocenters. The van der Waals surface area contributed by atoms with Crippen molar-refractivity contribution < 1.29 is 142 Å². The Bertz CT molecular complexity index is 6910. The van der Waals surface area contributed by atoms with E-state index in [1.54, 1.807) is 24.3 Å². The van der Waals surface area contributed by atoms with Crippen molar-refractivity contribution in [2.75, 3.05) is 10.9 Å². The Morgan fingerprint density at radius 3 is 0.849 bits per heavy atom. The summed E-state index contributed by atoms with van der Waals surface area (Å²) in [4.78, 5) is 30.0. The van der Waals surface area contributed by atoms with Crippen molar-refractivity contribution in [3.8, 4) is 46.0 Å². The van der Waals surface area contributed by atoms with E-state index >= 15 is 0 Å². The number of phenols is 8. The summed E-state index contributed by atoms with van der Waals surface area (Å²) in [6, 6.07) is 28.2. The molecule has 2 aliphatic carbocycles. The second-order valence-corrected chi connectivity index (χ2v) is 32.1. The number of aromatic nitrogens is 4. The van der Waals surface area contributed by atoms with Gasteiger partial charge in [0.2, 0.25) is 11.0 Å². The van der Waals surface area contributed by atoms with Crippen LogP contribution in [0.4, 0.5) is 22.7 Å². The van der Waals surface area contributed by atoms with Crippen molar-refractivity contribution in [2.24, 2.45) is 10.9 Å². The Kier molecular flexibility index (Phi) is 25.8. The highest BCUT2D eigenvalue weighted by Crippen LogP contribution is 2.43. The highest BCUT2D eigenvalue weighted by Gasteiger charge is 2.29. The van der Waals surface area contributed by atoms with Crippen molar-refractivity contribution in [3.63, 3.8) is 0 Å². The van der Waals surface area contributed by atoms with Gasteiger partial charge in [-0.25, -0.2) is 9.26 Å². The largest absolute Gasteiger partial charge is 0.507 e. The molecule has 0 fully saturated rings. The number of nitrogens with zero attached hydrogens (tertiary/aromatic N) is 7. The first-order chi connectivity index (χ1) is 55.8. The fourth-order valence-corrected chi connectivity index (χ4v) is 15.1. The van der Waals surface area contributed by atoms with Crippen molar-refractivity contribution in [1.82, 2.24) is 20.6 Å². The summed E-state index contributed by atoms with van der Waals surface area (Å²) in [6.45, 7) is 0. The number of nitro groups is 2. The lowest BCUT2D eigenvalue weighted by atomic mass is 9.90. The first-order valence-corrected chi connectivity index (χ1v) is 40.7. The number of aldehydes is 1. The number of phenolic OH excluding ortho intramolecular Hbond substituents is 8. The van der Waals surface area contributed by atoms with Gasteiger partial charge in [-0.15, -0.1) is 25.3 Å². The summed E-state index contributed by atoms with van der Waals surface area (Å²) >= 11 is 0. The predicted molar refractivity (Wildman–Crippen MR) is 407 cm³/mol. The van der Waals surface area contributed by atoms with Crippen LogP contribution < -0.4 is 16.7 Å². The molecule has 2 aliphatic rings. The quantitative estimate of drug-likeness (QED) is 0.0165. The van der Waals surface area contributed by atoms with E-state index in [2.05, 4.69) is 45.8 Å². The number of para-hydroxylation sites is 2. The molecule has 119 heavy (non-hydrogen) atoms. The summed E-state index contributed by atoms with van der Waals surface area (Å²) in [5.41, 5.74) is 6.96. The molecule has 12 aromatic rings. The Labute approximate surface area is 670 Å². The minimum atomic E-state index is -4.91. The van der Waals surface area contributed by atoms with E-state index in [0.717, 1.165) is 48.5 Å². The van der Waals surface area contributed by atoms with Gasteiger partial charge in [-0.3, -0.25) is 54.5 Å². The number of hydrazine groups is 1. The number of aromatic hydroxyl groups is 8. The number of hydrogen-bond donors (Lipinski definition) is 15. The van der Waals surface area contributed by atoms with Crippen molar-refractivity contribution >= 4 is 119 Å². The van der Waals surface area contributed by atoms with Gasteiger partial charge in [0.25, 0.3) is 40.5 Å². The topological polar surface area (TPSA) is 725 Å². The van der Waals surface area contributed by atoms with E-state index in [9.17, 15) is 118 Å². The molecule has 2 heterocycles. The zero-order valence-corrected chi connectivity index (χ0v) is 64.5. The SMILES string of the molecule is NNc1ccc([N+](=O)[O-])c2nonc12.O=Cc1cc2c(O)c(c1)Cc1cc(S(=O)(=O)O)cc(c1O)Cc1cc(S(=O)(=O)O)cc(c1O)Cc1cccc(c1O)C2.O=S(=O)=O.O=S(=O)=O.O=[N+]([O-])c1ccc(N/N=C/c2cc3c(O)c(c2)Cc2cc(S(=O)(=O)O)cc(c2O)Cc2cc(S(=O)(=O)O)cc(c2O)Cc2cccc(c2O)C3)c2nonc12. The number of carbonyl (C=O) groups is 1. The van der Waals surface area contributed by atoms with Gasteiger partial charge in [0.15, 0.2) is 11.0 Å². The predicted octanol–water partition coefficient (Wildman–Crippen LogP) is 6.47. The Balaban J connectivity index is 0.000000203. The second kappa shape index (κ2) is 35.2. The summed E-state index contributed by atoms with van der Waals surface area (Å²) < 4.78 is 197. The van der Waals surface area contributed by atoms with Crippen molar-refractivity contribution in [2.45, 2.75) is 70.9 Å². The first-order valence-electron chi connectivity index (χ1n) is 32.9. The molecule has 0 amide bonds. The maximum absolute atomic E-state index is 12.4. The summed E-state index contributed by atoms with van der Waals surface area (Å²) in [5, 5.41) is 131. The normalized spacial score (nSPS) is 12.5. The molecule has 0 spiro atoms. The van der Waals surface area contributed by atoms with E-state index in [1.165, 1.54) is 66.9 Å². The molecule has 2 aromatic heterocycles. The monoisotopic (exact) mass is 1760 g/mol. The number of hydrazone groups is 1. The minimum absolute atomic E-state index is 0.0154. The molecular weight excluding hydrogens is 1700 g/mol. The number of nitrogen functional groups attached to an aromatic ring is 1. The van der Waals surface area contributed by atoms with Gasteiger partial charge in [0.05, 0.1) is 47.0 Å². The van der Waals surface area contributed by atoms with Crippen LogP contribution in [0, 0.1) is 20.2 Å². The third-order valence-electron chi connectivity index (χ3n) is 18.1. The average Bonchev–Trinajstić information content (AvgIpc) is 1.54. The summed E-state index contributed by atoms with van der Waals surface area (Å²) in [7, 11) is -25.6. The van der Waals surface area contributed by atoms with E-state index < -0.39 is 127 Å². The van der Waals surface area contributed by atoms with Gasteiger partial charge >= 0.3 is 32.6 Å². The number of anilines is 2. The maximum atomic E-state index is 12.4. The fraction of sp³-hybridized carbons (Fsp3) is 0.114. The third kappa shape index (κ3) is 20.4. The van der Waals surface area contributed by atoms with E-state index in [-0.39, 0.29) is 184 Å². The van der Waals surface area contributed by atoms with Crippen LogP contribution in [0.15, 0.2) is 167 Å². The molecule has 620 valence electrons. The maximum Gasteiger partial charge on any atom is 0.425 e. The lowest BCUT2D eigenvalue weighted by Gasteiger charge is -2.18. The number of nitro benzene ring substituents is 2. The average molecular weight is 1760 g/mol. The number of benzene rings is 10. The number of hydrogen-bond acceptors (Lipinski definition) is 37. The van der Waals surface area contributed by atoms with Crippen LogP contribution in [-0.2, 0) is 113 Å². The third-order valence-corrected chi connectivity index (χ3v) is 21.4. The highest BCUT2D eigenvalue weighted by atomic mass is 32.2. The molecule has 43 nitrogen and oxygen atoms in total. The molecule has 16 bridgehead atoms. The molecule has 0 aliphatic heterocycles. The van der Waals surface area contributed by atoms with Gasteiger partial charge in [0.1, 0.15) is 52.3 Å². The molecule has 0 atom stereocenters. The lowest BCUT2D eigenvalue weighted by molar-refractivity contribution is -0.383. The molecule has 0 saturated heterocycles.